The topological polar surface area (TPSA) is 47.6 Å². The van der Waals surface area contributed by atoms with Crippen LogP contribution in [0.4, 0.5) is 0 Å². The second-order valence-corrected chi connectivity index (χ2v) is 8.24. The number of carbonyl (C=O) groups excluding carboxylic acids is 1. The molecule has 0 bridgehead atoms. The van der Waals surface area contributed by atoms with Crippen LogP contribution in [0.1, 0.15) is 39.2 Å². The van der Waals surface area contributed by atoms with E-state index < -0.39 is 0 Å². The number of nitrogens with zero attached hydrogens (tertiary/aromatic N) is 2. The average Bonchev–Trinajstić information content (AvgIpc) is 2.62. The Kier molecular flexibility index (Phi) is 6.68. The van der Waals surface area contributed by atoms with Gasteiger partial charge in [0.1, 0.15) is 6.29 Å². The Morgan fingerprint density at radius 2 is 1.81 bits per heavy atom. The maximum atomic E-state index is 12.6. The summed E-state index contributed by atoms with van der Waals surface area (Å²) in [7, 11) is 0. The normalized spacial score (nSPS) is 28.3. The van der Waals surface area contributed by atoms with Crippen LogP contribution in [-0.2, 0) is 11.3 Å². The van der Waals surface area contributed by atoms with Crippen LogP contribution in [0.5, 0.6) is 0 Å². The third-order valence-electron chi connectivity index (χ3n) is 5.72. The smallest absolute Gasteiger partial charge is 0.226 e. The molecule has 26 heavy (non-hydrogen) atoms. The SMILES string of the molecule is CC(C)CCC1C(=O)NC(N2CCN(Cc3ccccc3)CC2)NC1C. The molecule has 0 aromatic heterocycles. The highest BCUT2D eigenvalue weighted by Crippen LogP contribution is 2.20. The van der Waals surface area contributed by atoms with Crippen LogP contribution in [0, 0.1) is 11.8 Å². The van der Waals surface area contributed by atoms with Crippen molar-refractivity contribution >= 4 is 5.91 Å². The summed E-state index contributed by atoms with van der Waals surface area (Å²) >= 11 is 0. The van der Waals surface area contributed by atoms with E-state index in [0.717, 1.165) is 45.6 Å². The molecule has 0 radical (unpaired) electrons. The minimum Gasteiger partial charge on any atom is -0.328 e. The maximum absolute atomic E-state index is 12.6. The fraction of sp³-hybridized carbons (Fsp3) is 0.667. The largest absolute Gasteiger partial charge is 0.328 e. The Hall–Kier alpha value is -1.43. The van der Waals surface area contributed by atoms with E-state index in [1.807, 2.05) is 0 Å². The van der Waals surface area contributed by atoms with Gasteiger partial charge < -0.3 is 5.32 Å². The van der Waals surface area contributed by atoms with Crippen molar-refractivity contribution in [2.24, 2.45) is 11.8 Å². The molecule has 2 fully saturated rings. The molecular formula is C21H34N4O. The zero-order valence-corrected chi connectivity index (χ0v) is 16.4. The summed E-state index contributed by atoms with van der Waals surface area (Å²) in [5.74, 6) is 0.951. The van der Waals surface area contributed by atoms with Crippen LogP contribution in [0.15, 0.2) is 30.3 Å². The summed E-state index contributed by atoms with van der Waals surface area (Å²) in [6, 6.07) is 10.9. The monoisotopic (exact) mass is 358 g/mol. The minimum atomic E-state index is -0.0216. The fourth-order valence-electron chi connectivity index (χ4n) is 3.99. The van der Waals surface area contributed by atoms with Gasteiger partial charge in [0.15, 0.2) is 0 Å². The molecule has 1 amide bonds. The highest BCUT2D eigenvalue weighted by Gasteiger charge is 2.36. The Bertz CT molecular complexity index is 569. The third kappa shape index (κ3) is 5.06. The first kappa shape index (κ1) is 19.3. The third-order valence-corrected chi connectivity index (χ3v) is 5.72. The Morgan fingerprint density at radius 1 is 1.12 bits per heavy atom. The van der Waals surface area contributed by atoms with Gasteiger partial charge in [-0.15, -0.1) is 0 Å². The van der Waals surface area contributed by atoms with Crippen molar-refractivity contribution in [1.82, 2.24) is 20.4 Å². The van der Waals surface area contributed by atoms with Crippen LogP contribution >= 0.6 is 0 Å². The Morgan fingerprint density at radius 3 is 2.42 bits per heavy atom. The number of benzene rings is 1. The van der Waals surface area contributed by atoms with E-state index in [-0.39, 0.29) is 24.2 Å². The van der Waals surface area contributed by atoms with Gasteiger partial charge in [0.05, 0.1) is 5.92 Å². The lowest BCUT2D eigenvalue weighted by molar-refractivity contribution is -0.133. The lowest BCUT2D eigenvalue weighted by Gasteiger charge is -2.44. The second kappa shape index (κ2) is 8.98. The number of rotatable bonds is 6. The molecule has 2 N–H and O–H groups in total. The first-order chi connectivity index (χ1) is 12.5. The number of hydrogen-bond donors (Lipinski definition) is 2. The van der Waals surface area contributed by atoms with Crippen LogP contribution in [-0.4, -0.2) is 54.2 Å². The average molecular weight is 359 g/mol. The first-order valence-electron chi connectivity index (χ1n) is 10.1. The highest BCUT2D eigenvalue weighted by molar-refractivity contribution is 5.80. The van der Waals surface area contributed by atoms with Crippen molar-refractivity contribution in [1.29, 1.82) is 0 Å². The molecular weight excluding hydrogens is 324 g/mol. The molecule has 3 unspecified atom stereocenters. The van der Waals surface area contributed by atoms with Gasteiger partial charge in [-0.2, -0.15) is 0 Å². The zero-order chi connectivity index (χ0) is 18.5. The molecule has 144 valence electrons. The first-order valence-corrected chi connectivity index (χ1v) is 10.1. The number of piperazine rings is 1. The molecule has 2 aliphatic rings. The summed E-state index contributed by atoms with van der Waals surface area (Å²) in [6.45, 7) is 11.6. The van der Waals surface area contributed by atoms with Crippen molar-refractivity contribution in [3.05, 3.63) is 35.9 Å². The Labute approximate surface area is 158 Å². The fourth-order valence-corrected chi connectivity index (χ4v) is 3.99. The molecule has 0 spiro atoms. The molecule has 2 saturated heterocycles. The summed E-state index contributed by atoms with van der Waals surface area (Å²) in [5, 5.41) is 6.84. The molecule has 1 aromatic carbocycles. The van der Waals surface area contributed by atoms with Gasteiger partial charge in [-0.25, -0.2) is 0 Å². The van der Waals surface area contributed by atoms with Crippen LogP contribution < -0.4 is 10.6 Å². The van der Waals surface area contributed by atoms with E-state index in [0.29, 0.717) is 5.92 Å². The van der Waals surface area contributed by atoms with Crippen molar-refractivity contribution < 1.29 is 4.79 Å². The molecule has 3 rings (SSSR count). The van der Waals surface area contributed by atoms with Crippen molar-refractivity contribution in [2.75, 3.05) is 26.2 Å². The van der Waals surface area contributed by atoms with E-state index in [9.17, 15) is 4.79 Å². The minimum absolute atomic E-state index is 0.0216. The van der Waals surface area contributed by atoms with Crippen LogP contribution in [0.2, 0.25) is 0 Å². The van der Waals surface area contributed by atoms with Crippen molar-refractivity contribution in [3.8, 4) is 0 Å². The predicted molar refractivity (Wildman–Crippen MR) is 105 cm³/mol. The molecule has 1 aromatic rings. The van der Waals surface area contributed by atoms with E-state index in [4.69, 9.17) is 0 Å². The molecule has 5 nitrogen and oxygen atoms in total. The van der Waals surface area contributed by atoms with Gasteiger partial charge in [-0.05, 0) is 24.8 Å². The predicted octanol–water partition coefficient (Wildman–Crippen LogP) is 2.25. The standard InChI is InChI=1S/C21H34N4O/c1-16(2)9-10-19-17(3)22-21(23-20(19)26)25-13-11-24(12-14-25)15-18-7-5-4-6-8-18/h4-8,16-17,19,21-22H,9-15H2,1-3H3,(H,23,26). The number of nitrogens with one attached hydrogen (secondary N) is 2. The highest BCUT2D eigenvalue weighted by atomic mass is 16.2. The summed E-state index contributed by atoms with van der Waals surface area (Å²) in [5.41, 5.74) is 1.37. The van der Waals surface area contributed by atoms with Gasteiger partial charge in [-0.3, -0.25) is 19.9 Å². The lowest BCUT2D eigenvalue weighted by Crippen LogP contribution is -2.68. The van der Waals surface area contributed by atoms with Gasteiger partial charge in [0, 0.05) is 38.8 Å². The lowest BCUT2D eigenvalue weighted by atomic mass is 9.90. The summed E-state index contributed by atoms with van der Waals surface area (Å²) in [6.07, 6.45) is 2.05. The quantitative estimate of drug-likeness (QED) is 0.819. The summed E-state index contributed by atoms with van der Waals surface area (Å²) in [4.78, 5) is 17.4. The van der Waals surface area contributed by atoms with E-state index in [2.05, 4.69) is 71.5 Å². The molecule has 0 saturated carbocycles. The number of amides is 1. The van der Waals surface area contributed by atoms with Gasteiger partial charge >= 0.3 is 0 Å². The van der Waals surface area contributed by atoms with Crippen LogP contribution in [0.3, 0.4) is 0 Å². The molecule has 3 atom stereocenters. The molecule has 2 aliphatic heterocycles. The van der Waals surface area contributed by atoms with E-state index in [1.165, 1.54) is 5.56 Å². The van der Waals surface area contributed by atoms with Gasteiger partial charge in [0.2, 0.25) is 5.91 Å². The van der Waals surface area contributed by atoms with E-state index in [1.54, 1.807) is 0 Å². The van der Waals surface area contributed by atoms with Crippen LogP contribution in [0.25, 0.3) is 0 Å². The van der Waals surface area contributed by atoms with E-state index >= 15 is 0 Å². The Balaban J connectivity index is 1.47. The molecule has 0 aliphatic carbocycles. The molecule has 2 heterocycles. The van der Waals surface area contributed by atoms with Gasteiger partial charge in [-0.1, -0.05) is 50.6 Å². The van der Waals surface area contributed by atoms with Crippen molar-refractivity contribution in [3.63, 3.8) is 0 Å². The second-order valence-electron chi connectivity index (χ2n) is 8.24. The number of hydrogen-bond acceptors (Lipinski definition) is 4. The maximum Gasteiger partial charge on any atom is 0.226 e. The zero-order valence-electron chi connectivity index (χ0n) is 16.4. The molecule has 5 heteroatoms. The number of carbonyl (C=O) groups is 1. The van der Waals surface area contributed by atoms with Crippen molar-refractivity contribution in [2.45, 2.75) is 52.5 Å². The van der Waals surface area contributed by atoms with Gasteiger partial charge in [0.25, 0.3) is 0 Å². The summed E-state index contributed by atoms with van der Waals surface area (Å²) < 4.78 is 0.